The molecule has 2 amide bonds. The van der Waals surface area contributed by atoms with Gasteiger partial charge in [0.15, 0.2) is 0 Å². The van der Waals surface area contributed by atoms with Crippen molar-refractivity contribution < 1.29 is 14.3 Å². The number of likely N-dealkylation sites (tertiary alicyclic amines) is 1. The van der Waals surface area contributed by atoms with E-state index in [9.17, 15) is 9.59 Å². The number of carbonyl (C=O) groups is 2. The summed E-state index contributed by atoms with van der Waals surface area (Å²) in [7, 11) is 3.28. The van der Waals surface area contributed by atoms with Gasteiger partial charge in [0.05, 0.1) is 18.9 Å². The van der Waals surface area contributed by atoms with Gasteiger partial charge in [-0.1, -0.05) is 42.5 Å². The van der Waals surface area contributed by atoms with Crippen molar-refractivity contribution in [1.29, 1.82) is 0 Å². The number of nitrogens with one attached hydrogen (secondary N) is 1. The Morgan fingerprint density at radius 1 is 1.12 bits per heavy atom. The fourth-order valence-electron chi connectivity index (χ4n) is 4.67. The van der Waals surface area contributed by atoms with E-state index in [4.69, 9.17) is 4.74 Å². The van der Waals surface area contributed by atoms with Crippen molar-refractivity contribution >= 4 is 11.8 Å². The molecule has 6 heteroatoms. The number of hydrogen-bond acceptors (Lipinski definition) is 4. The standard InChI is InChI=1S/C27H29N3O3/c1-28-26(32)27(17-21-8-3-4-11-24(21)22-9-6-13-29-18-22)12-14-30(19-27)25(31)16-20-7-5-10-23(15-20)33-2/h3-11,13,15,18H,12,14,16-17,19H2,1-2H3,(H,28,32)/t27-/m0/s1. The zero-order valence-electron chi connectivity index (χ0n) is 19.1. The van der Waals surface area contributed by atoms with Gasteiger partial charge >= 0.3 is 0 Å². The Hall–Kier alpha value is -3.67. The molecule has 1 N–H and O–H groups in total. The molecule has 2 heterocycles. The average Bonchev–Trinajstić information content (AvgIpc) is 3.30. The van der Waals surface area contributed by atoms with E-state index in [2.05, 4.69) is 22.4 Å². The number of amides is 2. The van der Waals surface area contributed by atoms with E-state index >= 15 is 0 Å². The van der Waals surface area contributed by atoms with Crippen molar-refractivity contribution in [3.63, 3.8) is 0 Å². The molecule has 0 radical (unpaired) electrons. The summed E-state index contributed by atoms with van der Waals surface area (Å²) in [6, 6.07) is 19.6. The van der Waals surface area contributed by atoms with E-state index in [1.807, 2.05) is 59.6 Å². The van der Waals surface area contributed by atoms with E-state index in [-0.39, 0.29) is 18.2 Å². The third-order valence-electron chi connectivity index (χ3n) is 6.42. The molecule has 2 aromatic carbocycles. The van der Waals surface area contributed by atoms with Gasteiger partial charge in [0.1, 0.15) is 5.75 Å². The van der Waals surface area contributed by atoms with Crippen LogP contribution in [0.1, 0.15) is 17.5 Å². The molecule has 1 fully saturated rings. The summed E-state index contributed by atoms with van der Waals surface area (Å²) in [6.07, 6.45) is 5.05. The van der Waals surface area contributed by atoms with Crippen LogP contribution in [0.25, 0.3) is 11.1 Å². The monoisotopic (exact) mass is 443 g/mol. The van der Waals surface area contributed by atoms with Crippen molar-refractivity contribution in [2.75, 3.05) is 27.2 Å². The van der Waals surface area contributed by atoms with Crippen LogP contribution in [0.5, 0.6) is 5.75 Å². The minimum atomic E-state index is -0.670. The summed E-state index contributed by atoms with van der Waals surface area (Å²) in [5.74, 6) is 0.725. The third kappa shape index (κ3) is 4.90. The van der Waals surface area contributed by atoms with Gasteiger partial charge in [0.25, 0.3) is 0 Å². The van der Waals surface area contributed by atoms with Gasteiger partial charge in [0, 0.05) is 38.1 Å². The summed E-state index contributed by atoms with van der Waals surface area (Å²) in [4.78, 5) is 32.3. The van der Waals surface area contributed by atoms with Crippen LogP contribution in [0.4, 0.5) is 0 Å². The lowest BCUT2D eigenvalue weighted by Crippen LogP contribution is -2.44. The van der Waals surface area contributed by atoms with Crippen LogP contribution in [-0.2, 0) is 22.4 Å². The van der Waals surface area contributed by atoms with E-state index < -0.39 is 5.41 Å². The molecule has 1 aromatic heterocycles. The maximum absolute atomic E-state index is 13.1. The molecule has 0 unspecified atom stereocenters. The zero-order chi connectivity index (χ0) is 23.3. The molecule has 0 aliphatic carbocycles. The Morgan fingerprint density at radius 2 is 1.97 bits per heavy atom. The second kappa shape index (κ2) is 9.86. The fourth-order valence-corrected chi connectivity index (χ4v) is 4.67. The summed E-state index contributed by atoms with van der Waals surface area (Å²) >= 11 is 0. The normalized spacial score (nSPS) is 17.6. The second-order valence-corrected chi connectivity index (χ2v) is 8.53. The quantitative estimate of drug-likeness (QED) is 0.607. The van der Waals surface area contributed by atoms with Crippen LogP contribution in [0.15, 0.2) is 73.1 Å². The lowest BCUT2D eigenvalue weighted by molar-refractivity contribution is -0.132. The SMILES string of the molecule is CNC(=O)[C@]1(Cc2ccccc2-c2cccnc2)CCN(C(=O)Cc2cccc(OC)c2)C1. The van der Waals surface area contributed by atoms with Gasteiger partial charge < -0.3 is 15.0 Å². The van der Waals surface area contributed by atoms with E-state index in [1.54, 1.807) is 20.4 Å². The van der Waals surface area contributed by atoms with Crippen LogP contribution in [0.3, 0.4) is 0 Å². The molecule has 4 rings (SSSR count). The molecule has 3 aromatic rings. The predicted octanol–water partition coefficient (Wildman–Crippen LogP) is 3.51. The van der Waals surface area contributed by atoms with Crippen LogP contribution in [0, 0.1) is 5.41 Å². The minimum absolute atomic E-state index is 0.0228. The molecule has 0 bridgehead atoms. The third-order valence-corrected chi connectivity index (χ3v) is 6.42. The maximum Gasteiger partial charge on any atom is 0.228 e. The van der Waals surface area contributed by atoms with Gasteiger partial charge in [-0.15, -0.1) is 0 Å². The Bertz CT molecular complexity index is 1130. The Morgan fingerprint density at radius 3 is 2.73 bits per heavy atom. The van der Waals surface area contributed by atoms with Crippen molar-refractivity contribution in [2.24, 2.45) is 5.41 Å². The van der Waals surface area contributed by atoms with Crippen molar-refractivity contribution in [1.82, 2.24) is 15.2 Å². The van der Waals surface area contributed by atoms with Gasteiger partial charge in [-0.2, -0.15) is 0 Å². The second-order valence-electron chi connectivity index (χ2n) is 8.53. The highest BCUT2D eigenvalue weighted by Gasteiger charge is 2.45. The zero-order valence-corrected chi connectivity index (χ0v) is 19.1. The largest absolute Gasteiger partial charge is 0.497 e. The number of nitrogens with zero attached hydrogens (tertiary/aromatic N) is 2. The van der Waals surface area contributed by atoms with Gasteiger partial charge in [-0.3, -0.25) is 14.6 Å². The van der Waals surface area contributed by atoms with Gasteiger partial charge in [-0.25, -0.2) is 0 Å². The predicted molar refractivity (Wildman–Crippen MR) is 128 cm³/mol. The summed E-state index contributed by atoms with van der Waals surface area (Å²) in [5.41, 5.74) is 3.39. The smallest absolute Gasteiger partial charge is 0.228 e. The molecule has 1 saturated heterocycles. The summed E-state index contributed by atoms with van der Waals surface area (Å²) < 4.78 is 5.27. The highest BCUT2D eigenvalue weighted by atomic mass is 16.5. The first-order valence-electron chi connectivity index (χ1n) is 11.2. The molecule has 0 saturated carbocycles. The highest BCUT2D eigenvalue weighted by molar-refractivity contribution is 5.86. The first-order valence-corrected chi connectivity index (χ1v) is 11.2. The van der Waals surface area contributed by atoms with Gasteiger partial charge in [0.2, 0.25) is 11.8 Å². The molecular formula is C27H29N3O3. The first kappa shape index (κ1) is 22.5. The van der Waals surface area contributed by atoms with Crippen LogP contribution < -0.4 is 10.1 Å². The van der Waals surface area contributed by atoms with Crippen LogP contribution in [0.2, 0.25) is 0 Å². The molecule has 1 aliphatic rings. The van der Waals surface area contributed by atoms with E-state index in [0.29, 0.717) is 25.9 Å². The molecule has 0 spiro atoms. The topological polar surface area (TPSA) is 71.5 Å². The number of methoxy groups -OCH3 is 1. The van der Waals surface area contributed by atoms with Crippen molar-refractivity contribution in [3.8, 4) is 16.9 Å². The maximum atomic E-state index is 13.1. The number of rotatable bonds is 7. The molecule has 170 valence electrons. The van der Waals surface area contributed by atoms with Gasteiger partial charge in [-0.05, 0) is 47.7 Å². The van der Waals surface area contributed by atoms with Crippen LogP contribution >= 0.6 is 0 Å². The molecular weight excluding hydrogens is 414 g/mol. The number of pyridine rings is 1. The fraction of sp³-hybridized carbons (Fsp3) is 0.296. The summed E-state index contributed by atoms with van der Waals surface area (Å²) in [5, 5.41) is 2.85. The Balaban J connectivity index is 1.56. The number of aromatic nitrogens is 1. The molecule has 33 heavy (non-hydrogen) atoms. The lowest BCUT2D eigenvalue weighted by Gasteiger charge is -2.28. The van der Waals surface area contributed by atoms with E-state index in [1.165, 1.54) is 0 Å². The minimum Gasteiger partial charge on any atom is -0.497 e. The number of ether oxygens (including phenoxy) is 1. The van der Waals surface area contributed by atoms with Crippen molar-refractivity contribution in [3.05, 3.63) is 84.2 Å². The number of benzene rings is 2. The average molecular weight is 444 g/mol. The van der Waals surface area contributed by atoms with E-state index in [0.717, 1.165) is 28.0 Å². The van der Waals surface area contributed by atoms with Crippen molar-refractivity contribution in [2.45, 2.75) is 19.3 Å². The summed E-state index contributed by atoms with van der Waals surface area (Å²) in [6.45, 7) is 0.960. The lowest BCUT2D eigenvalue weighted by atomic mass is 9.78. The first-order chi connectivity index (χ1) is 16.0. The molecule has 1 aliphatic heterocycles. The number of carbonyl (C=O) groups excluding carboxylic acids is 2. The van der Waals surface area contributed by atoms with Crippen LogP contribution in [-0.4, -0.2) is 48.9 Å². The Labute approximate surface area is 194 Å². The highest BCUT2D eigenvalue weighted by Crippen LogP contribution is 2.37. The molecule has 1 atom stereocenters. The Kier molecular flexibility index (Phi) is 6.73. The molecule has 6 nitrogen and oxygen atoms in total. The number of hydrogen-bond donors (Lipinski definition) is 1.